The third kappa shape index (κ3) is 4.29. The molecule has 1 N–H and O–H groups in total. The fourth-order valence-corrected chi connectivity index (χ4v) is 4.63. The topological polar surface area (TPSA) is 76.9 Å². The molecule has 2 aromatic heterocycles. The summed E-state index contributed by atoms with van der Waals surface area (Å²) in [5, 5.41) is 6.87. The van der Waals surface area contributed by atoms with E-state index >= 15 is 0 Å². The Morgan fingerprint density at radius 2 is 2.03 bits per heavy atom. The van der Waals surface area contributed by atoms with Crippen LogP contribution in [0.3, 0.4) is 0 Å². The van der Waals surface area contributed by atoms with E-state index < -0.39 is 0 Å². The largest absolute Gasteiger partial charge is 0.342 e. The van der Waals surface area contributed by atoms with Gasteiger partial charge in [-0.15, -0.1) is 11.3 Å². The molecule has 0 bridgehead atoms. The number of hydrogen-bond acceptors (Lipinski definition) is 6. The van der Waals surface area contributed by atoms with Gasteiger partial charge in [0, 0.05) is 18.6 Å². The minimum absolute atomic E-state index is 0.114. The van der Waals surface area contributed by atoms with Crippen LogP contribution in [0.2, 0.25) is 0 Å². The highest BCUT2D eigenvalue weighted by Gasteiger charge is 2.20. The Labute approximate surface area is 182 Å². The Hall–Kier alpha value is -2.97. The van der Waals surface area contributed by atoms with Crippen molar-refractivity contribution in [1.82, 2.24) is 19.9 Å². The molecule has 0 aliphatic rings. The number of aryl methyl sites for hydroxylation is 1. The molecule has 4 rings (SSSR count). The normalized spacial score (nSPS) is 12.1. The maximum absolute atomic E-state index is 12.7. The van der Waals surface area contributed by atoms with Crippen LogP contribution in [0.5, 0.6) is 0 Å². The second-order valence-corrected chi connectivity index (χ2v) is 8.72. The second-order valence-electron chi connectivity index (χ2n) is 6.85. The number of amides is 1. The molecule has 0 saturated carbocycles. The van der Waals surface area contributed by atoms with Gasteiger partial charge >= 0.3 is 0 Å². The molecule has 0 fully saturated rings. The minimum atomic E-state index is -0.310. The van der Waals surface area contributed by atoms with Gasteiger partial charge in [0.2, 0.25) is 5.91 Å². The van der Waals surface area contributed by atoms with Gasteiger partial charge in [0.25, 0.3) is 5.56 Å². The smallest absolute Gasteiger partial charge is 0.261 e. The number of thiazole rings is 1. The Morgan fingerprint density at radius 1 is 1.23 bits per heavy atom. The van der Waals surface area contributed by atoms with Crippen LogP contribution in [-0.4, -0.2) is 26.2 Å². The van der Waals surface area contributed by atoms with E-state index in [4.69, 9.17) is 0 Å². The molecule has 1 amide bonds. The lowest BCUT2D eigenvalue weighted by atomic mass is 10.1. The highest BCUT2D eigenvalue weighted by atomic mass is 32.2. The number of aromatic nitrogens is 3. The average molecular weight is 437 g/mol. The summed E-state index contributed by atoms with van der Waals surface area (Å²) in [6.07, 6.45) is 1.73. The van der Waals surface area contributed by atoms with Gasteiger partial charge in [-0.3, -0.25) is 14.2 Å². The predicted octanol–water partition coefficient (Wildman–Crippen LogP) is 3.70. The van der Waals surface area contributed by atoms with Gasteiger partial charge in [0.1, 0.15) is 11.0 Å². The molecule has 30 heavy (non-hydrogen) atoms. The third-order valence-electron chi connectivity index (χ3n) is 4.66. The number of carbonyl (C=O) groups excluding carboxylic acids is 1. The van der Waals surface area contributed by atoms with Gasteiger partial charge in [-0.25, -0.2) is 9.97 Å². The predicted molar refractivity (Wildman–Crippen MR) is 121 cm³/mol. The van der Waals surface area contributed by atoms with Crippen LogP contribution in [0.25, 0.3) is 10.9 Å². The van der Waals surface area contributed by atoms with Gasteiger partial charge in [-0.1, -0.05) is 53.7 Å². The zero-order valence-electron chi connectivity index (χ0n) is 16.5. The summed E-state index contributed by atoms with van der Waals surface area (Å²) in [4.78, 5) is 34.3. The minimum Gasteiger partial charge on any atom is -0.342 e. The van der Waals surface area contributed by atoms with E-state index in [2.05, 4.69) is 15.3 Å². The summed E-state index contributed by atoms with van der Waals surface area (Å²) in [7, 11) is 1.68. The maximum atomic E-state index is 12.7. The molecule has 0 aliphatic carbocycles. The summed E-state index contributed by atoms with van der Waals surface area (Å²) >= 11 is 2.74. The van der Waals surface area contributed by atoms with Crippen molar-refractivity contribution in [2.24, 2.45) is 7.05 Å². The molecule has 0 spiro atoms. The number of hydrogen-bond donors (Lipinski definition) is 1. The zero-order chi connectivity index (χ0) is 21.1. The summed E-state index contributed by atoms with van der Waals surface area (Å²) in [6, 6.07) is 15.0. The highest BCUT2D eigenvalue weighted by molar-refractivity contribution is 7.99. The average Bonchev–Trinajstić information content (AvgIpc) is 3.29. The first kappa shape index (κ1) is 20.3. The van der Waals surface area contributed by atoms with E-state index in [-0.39, 0.29) is 23.3 Å². The molecule has 1 unspecified atom stereocenters. The highest BCUT2D eigenvalue weighted by Crippen LogP contribution is 2.24. The van der Waals surface area contributed by atoms with Gasteiger partial charge in [-0.2, -0.15) is 0 Å². The molecule has 1 atom stereocenters. The van der Waals surface area contributed by atoms with Crippen LogP contribution in [0.1, 0.15) is 22.2 Å². The Bertz CT molecular complexity index is 1240. The van der Waals surface area contributed by atoms with Crippen molar-refractivity contribution in [2.45, 2.75) is 18.1 Å². The Morgan fingerprint density at radius 3 is 2.77 bits per heavy atom. The van der Waals surface area contributed by atoms with Crippen molar-refractivity contribution < 1.29 is 4.79 Å². The first-order valence-electron chi connectivity index (χ1n) is 9.37. The van der Waals surface area contributed by atoms with E-state index in [1.807, 2.05) is 60.8 Å². The summed E-state index contributed by atoms with van der Waals surface area (Å²) in [5.74, 6) is -0.00545. The number of thioether (sulfide) groups is 1. The van der Waals surface area contributed by atoms with Gasteiger partial charge in [0.05, 0.1) is 16.7 Å². The Kier molecular flexibility index (Phi) is 5.96. The summed E-state index contributed by atoms with van der Waals surface area (Å²) in [6.45, 7) is 1.94. The number of nitrogens with zero attached hydrogens (tertiary/aromatic N) is 3. The van der Waals surface area contributed by atoms with E-state index in [1.165, 1.54) is 27.7 Å². The fourth-order valence-electron chi connectivity index (χ4n) is 3.14. The fraction of sp³-hybridized carbons (Fsp3) is 0.182. The molecular weight excluding hydrogens is 416 g/mol. The number of carbonyl (C=O) groups is 1. The van der Waals surface area contributed by atoms with Crippen LogP contribution in [-0.2, 0) is 11.8 Å². The van der Waals surface area contributed by atoms with E-state index in [1.54, 1.807) is 13.2 Å². The molecule has 0 aliphatic heterocycles. The van der Waals surface area contributed by atoms with Crippen molar-refractivity contribution in [3.05, 3.63) is 86.6 Å². The maximum Gasteiger partial charge on any atom is 0.261 e. The first-order chi connectivity index (χ1) is 14.5. The number of fused-ring (bicyclic) bond motifs is 1. The van der Waals surface area contributed by atoms with Gasteiger partial charge in [-0.05, 0) is 24.6 Å². The number of nitrogens with one attached hydrogen (secondary N) is 1. The van der Waals surface area contributed by atoms with Crippen LogP contribution in [0, 0.1) is 6.92 Å². The molecule has 0 saturated heterocycles. The van der Waals surface area contributed by atoms with Crippen molar-refractivity contribution in [2.75, 3.05) is 5.75 Å². The molecule has 2 heterocycles. The lowest BCUT2D eigenvalue weighted by Gasteiger charge is -2.17. The lowest BCUT2D eigenvalue weighted by Crippen LogP contribution is -2.31. The van der Waals surface area contributed by atoms with Crippen molar-refractivity contribution in [1.29, 1.82) is 0 Å². The summed E-state index contributed by atoms with van der Waals surface area (Å²) in [5.41, 5.74) is 2.50. The van der Waals surface area contributed by atoms with Gasteiger partial charge < -0.3 is 5.32 Å². The monoisotopic (exact) mass is 436 g/mol. The van der Waals surface area contributed by atoms with Crippen LogP contribution in [0.4, 0.5) is 0 Å². The zero-order valence-corrected chi connectivity index (χ0v) is 18.2. The lowest BCUT2D eigenvalue weighted by molar-refractivity contribution is -0.119. The molecular formula is C22H20N4O2S2. The molecule has 152 valence electrons. The van der Waals surface area contributed by atoms with Crippen LogP contribution >= 0.6 is 23.1 Å². The van der Waals surface area contributed by atoms with Crippen molar-refractivity contribution in [3.8, 4) is 0 Å². The summed E-state index contributed by atoms with van der Waals surface area (Å²) < 4.78 is 1.50. The number of rotatable bonds is 6. The van der Waals surface area contributed by atoms with E-state index in [9.17, 15) is 9.59 Å². The molecule has 4 aromatic rings. The van der Waals surface area contributed by atoms with E-state index in [0.29, 0.717) is 16.1 Å². The van der Waals surface area contributed by atoms with Crippen LogP contribution < -0.4 is 10.9 Å². The molecule has 6 nitrogen and oxygen atoms in total. The SMILES string of the molecule is Cc1ccc2nc(SCC(=O)NC(c3ccccc3)c3nccs3)n(C)c(=O)c2c1. The van der Waals surface area contributed by atoms with Gasteiger partial charge in [0.15, 0.2) is 5.16 Å². The van der Waals surface area contributed by atoms with Crippen molar-refractivity contribution >= 4 is 39.9 Å². The standard InChI is InChI=1S/C22H20N4O2S2/c1-14-8-9-17-16(12-14)21(28)26(2)22(24-17)30-13-18(27)25-19(20-23-10-11-29-20)15-6-4-3-5-7-15/h3-12,19H,13H2,1-2H3,(H,25,27). The third-order valence-corrected chi connectivity index (χ3v) is 6.53. The van der Waals surface area contributed by atoms with Crippen molar-refractivity contribution in [3.63, 3.8) is 0 Å². The second kappa shape index (κ2) is 8.81. The molecule has 8 heteroatoms. The quantitative estimate of drug-likeness (QED) is 0.368. The molecule has 2 aromatic carbocycles. The van der Waals surface area contributed by atoms with Crippen LogP contribution in [0.15, 0.2) is 70.1 Å². The molecule has 0 radical (unpaired) electrons. The number of benzene rings is 2. The Balaban J connectivity index is 1.52. The first-order valence-corrected chi connectivity index (χ1v) is 11.2. The van der Waals surface area contributed by atoms with E-state index in [0.717, 1.165) is 16.1 Å².